The summed E-state index contributed by atoms with van der Waals surface area (Å²) in [4.78, 5) is 10.9. The van der Waals surface area contributed by atoms with Gasteiger partial charge in [-0.2, -0.15) is 0 Å². The van der Waals surface area contributed by atoms with Crippen LogP contribution >= 0.6 is 12.2 Å². The normalized spacial score (nSPS) is 9.40. The minimum Gasteiger partial charge on any atom is -0.478 e. The van der Waals surface area contributed by atoms with Gasteiger partial charge in [-0.15, -0.1) is 0 Å². The van der Waals surface area contributed by atoms with Gasteiger partial charge >= 0.3 is 5.97 Å². The van der Waals surface area contributed by atoms with Crippen molar-refractivity contribution in [2.75, 3.05) is 17.7 Å². The van der Waals surface area contributed by atoms with Gasteiger partial charge < -0.3 is 21.5 Å². The second-order valence-corrected chi connectivity index (χ2v) is 3.21. The highest BCUT2D eigenvalue weighted by molar-refractivity contribution is 7.80. The molecular formula is C9H11N3O2S. The van der Waals surface area contributed by atoms with Gasteiger partial charge in [-0.3, -0.25) is 0 Å². The standard InChI is InChI=1S/C9H11N3O2S/c1-11-7-5(8(13)14)3-2-4-6(7)12-9(10)15/h2-4,11H,1H3,(H,13,14)(H3,10,12,15). The van der Waals surface area contributed by atoms with E-state index in [-0.39, 0.29) is 10.7 Å². The van der Waals surface area contributed by atoms with Crippen molar-refractivity contribution in [3.05, 3.63) is 23.8 Å². The number of carboxylic acid groups (broad SMARTS) is 1. The van der Waals surface area contributed by atoms with Gasteiger partial charge in [0.2, 0.25) is 0 Å². The van der Waals surface area contributed by atoms with Crippen LogP contribution in [0, 0.1) is 0 Å². The Labute approximate surface area is 92.3 Å². The molecule has 0 fully saturated rings. The molecule has 0 atom stereocenters. The number of nitrogens with two attached hydrogens (primary N) is 1. The maximum atomic E-state index is 10.9. The summed E-state index contributed by atoms with van der Waals surface area (Å²) in [6, 6.07) is 4.81. The van der Waals surface area contributed by atoms with Gasteiger partial charge in [0.1, 0.15) is 0 Å². The Morgan fingerprint density at radius 1 is 1.53 bits per heavy atom. The molecule has 0 aliphatic heterocycles. The summed E-state index contributed by atoms with van der Waals surface area (Å²) >= 11 is 4.69. The molecular weight excluding hydrogens is 214 g/mol. The lowest BCUT2D eigenvalue weighted by Gasteiger charge is -2.12. The fourth-order valence-corrected chi connectivity index (χ4v) is 1.35. The molecule has 1 rings (SSSR count). The monoisotopic (exact) mass is 225 g/mol. The second-order valence-electron chi connectivity index (χ2n) is 2.77. The summed E-state index contributed by atoms with van der Waals surface area (Å²) in [5, 5.41) is 14.5. The van der Waals surface area contributed by atoms with Crippen molar-refractivity contribution >= 4 is 34.7 Å². The van der Waals surface area contributed by atoms with Crippen LogP contribution in [0.3, 0.4) is 0 Å². The molecule has 0 aromatic heterocycles. The topological polar surface area (TPSA) is 87.4 Å². The predicted molar refractivity (Wildman–Crippen MR) is 63.4 cm³/mol. The van der Waals surface area contributed by atoms with Crippen molar-refractivity contribution in [3.63, 3.8) is 0 Å². The smallest absolute Gasteiger partial charge is 0.337 e. The van der Waals surface area contributed by atoms with Crippen LogP contribution in [0.5, 0.6) is 0 Å². The first-order valence-electron chi connectivity index (χ1n) is 4.16. The SMILES string of the molecule is CNc1c(NC(N)=S)cccc1C(=O)O. The zero-order chi connectivity index (χ0) is 11.4. The van der Waals surface area contributed by atoms with Crippen molar-refractivity contribution in [2.45, 2.75) is 0 Å². The molecule has 0 aliphatic carbocycles. The van der Waals surface area contributed by atoms with Gasteiger partial charge in [0.15, 0.2) is 5.11 Å². The fraction of sp³-hybridized carbons (Fsp3) is 0.111. The third kappa shape index (κ3) is 2.57. The number of carbonyl (C=O) groups is 1. The van der Waals surface area contributed by atoms with Gasteiger partial charge in [-0.25, -0.2) is 4.79 Å². The minimum absolute atomic E-state index is 0.0917. The highest BCUT2D eigenvalue weighted by atomic mass is 32.1. The molecule has 0 saturated heterocycles. The molecule has 5 N–H and O–H groups in total. The van der Waals surface area contributed by atoms with Crippen molar-refractivity contribution in [1.82, 2.24) is 0 Å². The Hall–Kier alpha value is -1.82. The molecule has 0 aliphatic rings. The Bertz CT molecular complexity index is 406. The number of anilines is 2. The largest absolute Gasteiger partial charge is 0.478 e. The van der Waals surface area contributed by atoms with E-state index in [4.69, 9.17) is 10.8 Å². The second kappa shape index (κ2) is 4.61. The maximum Gasteiger partial charge on any atom is 0.337 e. The number of rotatable bonds is 3. The van der Waals surface area contributed by atoms with Crippen molar-refractivity contribution in [2.24, 2.45) is 5.73 Å². The van der Waals surface area contributed by atoms with Crippen LogP contribution in [0.1, 0.15) is 10.4 Å². The molecule has 80 valence electrons. The summed E-state index contributed by atoms with van der Waals surface area (Å²) in [7, 11) is 1.63. The highest BCUT2D eigenvalue weighted by Crippen LogP contribution is 2.25. The molecule has 0 radical (unpaired) electrons. The zero-order valence-corrected chi connectivity index (χ0v) is 8.89. The number of hydrogen-bond acceptors (Lipinski definition) is 3. The average molecular weight is 225 g/mol. The zero-order valence-electron chi connectivity index (χ0n) is 8.07. The lowest BCUT2D eigenvalue weighted by Crippen LogP contribution is -2.20. The Balaban J connectivity index is 3.21. The molecule has 1 aromatic carbocycles. The lowest BCUT2D eigenvalue weighted by molar-refractivity contribution is 0.0698. The van der Waals surface area contributed by atoms with Crippen LogP contribution in [-0.4, -0.2) is 23.2 Å². The van der Waals surface area contributed by atoms with Crippen molar-refractivity contribution < 1.29 is 9.90 Å². The molecule has 15 heavy (non-hydrogen) atoms. The van der Waals surface area contributed by atoms with E-state index < -0.39 is 5.97 Å². The number of aromatic carboxylic acids is 1. The molecule has 0 amide bonds. The Morgan fingerprint density at radius 3 is 2.67 bits per heavy atom. The number of carboxylic acids is 1. The van der Waals surface area contributed by atoms with E-state index in [2.05, 4.69) is 22.9 Å². The van der Waals surface area contributed by atoms with Crippen LogP contribution < -0.4 is 16.4 Å². The quantitative estimate of drug-likeness (QED) is 0.576. The molecule has 0 unspecified atom stereocenters. The number of hydrogen-bond donors (Lipinski definition) is 4. The van der Waals surface area contributed by atoms with Crippen molar-refractivity contribution in [3.8, 4) is 0 Å². The van der Waals surface area contributed by atoms with Crippen LogP contribution in [0.2, 0.25) is 0 Å². The summed E-state index contributed by atoms with van der Waals surface area (Å²) < 4.78 is 0. The Kier molecular flexibility index (Phi) is 3.46. The van der Waals surface area contributed by atoms with Crippen LogP contribution in [-0.2, 0) is 0 Å². The molecule has 0 bridgehead atoms. The fourth-order valence-electron chi connectivity index (χ4n) is 1.24. The minimum atomic E-state index is -1.01. The van der Waals surface area contributed by atoms with Gasteiger partial charge in [-0.1, -0.05) is 6.07 Å². The van der Waals surface area contributed by atoms with E-state index in [1.165, 1.54) is 6.07 Å². The number of nitrogens with one attached hydrogen (secondary N) is 2. The summed E-state index contributed by atoms with van der Waals surface area (Å²) in [5.41, 5.74) is 6.49. The van der Waals surface area contributed by atoms with Gasteiger partial charge in [0.25, 0.3) is 0 Å². The van der Waals surface area contributed by atoms with Gasteiger partial charge in [0, 0.05) is 7.05 Å². The van der Waals surface area contributed by atoms with E-state index in [0.717, 1.165) is 0 Å². The summed E-state index contributed by atoms with van der Waals surface area (Å²) in [6.07, 6.45) is 0. The van der Waals surface area contributed by atoms with Crippen molar-refractivity contribution in [1.29, 1.82) is 0 Å². The summed E-state index contributed by atoms with van der Waals surface area (Å²) in [5.74, 6) is -1.01. The van der Waals surface area contributed by atoms with Crippen LogP contribution in [0.15, 0.2) is 18.2 Å². The Morgan fingerprint density at radius 2 is 2.20 bits per heavy atom. The summed E-state index contributed by atoms with van der Waals surface area (Å²) in [6.45, 7) is 0. The molecule has 0 heterocycles. The van der Waals surface area contributed by atoms with E-state index in [9.17, 15) is 4.79 Å². The molecule has 0 saturated carbocycles. The highest BCUT2D eigenvalue weighted by Gasteiger charge is 2.12. The predicted octanol–water partition coefficient (Wildman–Crippen LogP) is 1.08. The molecule has 1 aromatic rings. The average Bonchev–Trinajstić information content (AvgIpc) is 2.16. The van der Waals surface area contributed by atoms with E-state index in [1.54, 1.807) is 19.2 Å². The first-order chi connectivity index (χ1) is 7.06. The number of para-hydroxylation sites is 1. The number of benzene rings is 1. The first kappa shape index (κ1) is 11.3. The molecule has 0 spiro atoms. The number of thiocarbonyl (C=S) groups is 1. The van der Waals surface area contributed by atoms with Crippen LogP contribution in [0.4, 0.5) is 11.4 Å². The van der Waals surface area contributed by atoms with Gasteiger partial charge in [-0.05, 0) is 24.4 Å². The molecule has 5 nitrogen and oxygen atoms in total. The third-order valence-electron chi connectivity index (χ3n) is 1.80. The van der Waals surface area contributed by atoms with Gasteiger partial charge in [0.05, 0.1) is 16.9 Å². The van der Waals surface area contributed by atoms with E-state index in [0.29, 0.717) is 11.4 Å². The lowest BCUT2D eigenvalue weighted by atomic mass is 10.1. The maximum absolute atomic E-state index is 10.9. The van der Waals surface area contributed by atoms with E-state index >= 15 is 0 Å². The third-order valence-corrected chi connectivity index (χ3v) is 1.90. The molecule has 6 heteroatoms. The van der Waals surface area contributed by atoms with Crippen LogP contribution in [0.25, 0.3) is 0 Å². The van der Waals surface area contributed by atoms with E-state index in [1.807, 2.05) is 0 Å². The first-order valence-corrected chi connectivity index (χ1v) is 4.57.